The predicted octanol–water partition coefficient (Wildman–Crippen LogP) is 1.36. The van der Waals surface area contributed by atoms with Crippen molar-refractivity contribution in [2.24, 2.45) is 0 Å². The number of nitrogens with zero attached hydrogens (tertiary/aromatic N) is 1. The summed E-state index contributed by atoms with van der Waals surface area (Å²) in [7, 11) is -2.13. The lowest BCUT2D eigenvalue weighted by Crippen LogP contribution is -2.37. The maximum atomic E-state index is 12.7. The molecule has 2 heterocycles. The fourth-order valence-electron chi connectivity index (χ4n) is 2.70. The van der Waals surface area contributed by atoms with Crippen molar-refractivity contribution in [2.75, 3.05) is 37.0 Å². The van der Waals surface area contributed by atoms with Gasteiger partial charge >= 0.3 is 0 Å². The van der Waals surface area contributed by atoms with Crippen molar-refractivity contribution in [3.8, 4) is 0 Å². The lowest BCUT2D eigenvalue weighted by Gasteiger charge is -2.24. The molecular weight excluding hydrogens is 388 g/mol. The van der Waals surface area contributed by atoms with E-state index in [4.69, 9.17) is 0 Å². The standard InChI is InChI=1S/C17H20N4O4S2/c1-18-16(22)13-4-2-3-5-14(13)20-17(23)15-10-12(11-19-15)27(24,25)21-6-8-26-9-7-21/h2-5,10-11,19H,6-9H2,1H3,(H,18,22)(H,20,23). The molecule has 144 valence electrons. The number of para-hydroxylation sites is 1. The number of carbonyl (C=O) groups excluding carboxylic acids is 2. The smallest absolute Gasteiger partial charge is 0.272 e. The molecule has 0 saturated carbocycles. The highest BCUT2D eigenvalue weighted by Gasteiger charge is 2.28. The first-order valence-electron chi connectivity index (χ1n) is 8.32. The van der Waals surface area contributed by atoms with Crippen molar-refractivity contribution in [2.45, 2.75) is 4.90 Å². The van der Waals surface area contributed by atoms with Crippen LogP contribution in [0.3, 0.4) is 0 Å². The van der Waals surface area contributed by atoms with Gasteiger partial charge in [0.25, 0.3) is 11.8 Å². The van der Waals surface area contributed by atoms with Crippen LogP contribution in [0.25, 0.3) is 0 Å². The Bertz CT molecular complexity index is 949. The van der Waals surface area contributed by atoms with Crippen LogP contribution in [0.1, 0.15) is 20.8 Å². The number of H-pyrrole nitrogens is 1. The fraction of sp³-hybridized carbons (Fsp3) is 0.294. The van der Waals surface area contributed by atoms with Crippen LogP contribution in [-0.2, 0) is 10.0 Å². The minimum absolute atomic E-state index is 0.0548. The fourth-order valence-corrected chi connectivity index (χ4v) is 5.28. The molecule has 0 aliphatic carbocycles. The van der Waals surface area contributed by atoms with Gasteiger partial charge in [0.05, 0.1) is 11.3 Å². The number of benzene rings is 1. The van der Waals surface area contributed by atoms with Crippen molar-refractivity contribution >= 4 is 39.3 Å². The van der Waals surface area contributed by atoms with Gasteiger partial charge in [-0.05, 0) is 18.2 Å². The summed E-state index contributed by atoms with van der Waals surface area (Å²) < 4.78 is 26.8. The second kappa shape index (κ2) is 8.15. The zero-order valence-electron chi connectivity index (χ0n) is 14.7. The monoisotopic (exact) mass is 408 g/mol. The molecule has 0 bridgehead atoms. The van der Waals surface area contributed by atoms with Gasteiger partial charge in [-0.1, -0.05) is 12.1 Å². The summed E-state index contributed by atoms with van der Waals surface area (Å²) in [5.74, 6) is 0.659. The molecule has 10 heteroatoms. The quantitative estimate of drug-likeness (QED) is 0.692. The molecule has 0 atom stereocenters. The van der Waals surface area contributed by atoms with Crippen LogP contribution >= 0.6 is 11.8 Å². The Morgan fingerprint density at radius 1 is 1.15 bits per heavy atom. The van der Waals surface area contributed by atoms with Crippen LogP contribution in [0.15, 0.2) is 41.4 Å². The molecule has 2 amide bonds. The molecular formula is C17H20N4O4S2. The summed E-state index contributed by atoms with van der Waals surface area (Å²) in [6.45, 7) is 0.915. The van der Waals surface area contributed by atoms with Crippen LogP contribution in [0.5, 0.6) is 0 Å². The van der Waals surface area contributed by atoms with Gasteiger partial charge in [-0.25, -0.2) is 8.42 Å². The Balaban J connectivity index is 1.79. The lowest BCUT2D eigenvalue weighted by molar-refractivity contribution is 0.0964. The minimum atomic E-state index is -3.63. The van der Waals surface area contributed by atoms with Crippen molar-refractivity contribution in [1.29, 1.82) is 0 Å². The maximum Gasteiger partial charge on any atom is 0.272 e. The Hall–Kier alpha value is -2.30. The minimum Gasteiger partial charge on any atom is -0.356 e. The van der Waals surface area contributed by atoms with Gasteiger partial charge in [0, 0.05) is 37.8 Å². The van der Waals surface area contributed by atoms with Gasteiger partial charge in [-0.15, -0.1) is 0 Å². The number of aromatic nitrogens is 1. The number of thioether (sulfide) groups is 1. The van der Waals surface area contributed by atoms with Gasteiger partial charge in [0.15, 0.2) is 0 Å². The Kier molecular flexibility index (Phi) is 5.88. The Morgan fingerprint density at radius 3 is 2.56 bits per heavy atom. The van der Waals surface area contributed by atoms with E-state index < -0.39 is 15.9 Å². The molecule has 1 aliphatic heterocycles. The average Bonchev–Trinajstić information content (AvgIpc) is 3.20. The summed E-state index contributed by atoms with van der Waals surface area (Å²) in [5, 5.41) is 5.15. The van der Waals surface area contributed by atoms with Gasteiger partial charge in [0.1, 0.15) is 10.6 Å². The summed E-state index contributed by atoms with van der Waals surface area (Å²) in [5.41, 5.74) is 0.763. The molecule has 8 nitrogen and oxygen atoms in total. The highest BCUT2D eigenvalue weighted by molar-refractivity contribution is 7.99. The third-order valence-electron chi connectivity index (χ3n) is 4.16. The van der Waals surface area contributed by atoms with Gasteiger partial charge in [-0.2, -0.15) is 16.1 Å². The van der Waals surface area contributed by atoms with E-state index in [0.717, 1.165) is 11.5 Å². The molecule has 27 heavy (non-hydrogen) atoms. The third kappa shape index (κ3) is 4.18. The van der Waals surface area contributed by atoms with E-state index in [-0.39, 0.29) is 16.5 Å². The summed E-state index contributed by atoms with van der Waals surface area (Å²) in [6, 6.07) is 7.90. The van der Waals surface area contributed by atoms with Crippen LogP contribution in [0.4, 0.5) is 5.69 Å². The molecule has 1 saturated heterocycles. The van der Waals surface area contributed by atoms with Crippen molar-refractivity contribution in [3.63, 3.8) is 0 Å². The molecule has 1 aliphatic rings. The van der Waals surface area contributed by atoms with E-state index in [0.29, 0.717) is 24.3 Å². The molecule has 1 aromatic heterocycles. The average molecular weight is 409 g/mol. The first kappa shape index (κ1) is 19.5. The Morgan fingerprint density at radius 2 is 1.85 bits per heavy atom. The summed E-state index contributed by atoms with van der Waals surface area (Å²) in [4.78, 5) is 27.2. The topological polar surface area (TPSA) is 111 Å². The van der Waals surface area contributed by atoms with Crippen molar-refractivity contribution < 1.29 is 18.0 Å². The van der Waals surface area contributed by atoms with Crippen LogP contribution in [0.2, 0.25) is 0 Å². The zero-order chi connectivity index (χ0) is 19.4. The number of nitrogens with one attached hydrogen (secondary N) is 3. The molecule has 3 rings (SSSR count). The zero-order valence-corrected chi connectivity index (χ0v) is 16.3. The highest BCUT2D eigenvalue weighted by Crippen LogP contribution is 2.22. The number of hydrogen-bond acceptors (Lipinski definition) is 5. The summed E-state index contributed by atoms with van der Waals surface area (Å²) >= 11 is 1.72. The van der Waals surface area contributed by atoms with E-state index in [1.54, 1.807) is 36.0 Å². The number of carbonyl (C=O) groups is 2. The second-order valence-electron chi connectivity index (χ2n) is 5.84. The number of amides is 2. The number of aromatic amines is 1. The molecule has 2 aromatic rings. The molecule has 0 radical (unpaired) electrons. The number of anilines is 1. The van der Waals surface area contributed by atoms with Crippen molar-refractivity contribution in [3.05, 3.63) is 47.8 Å². The molecule has 0 spiro atoms. The molecule has 0 unspecified atom stereocenters. The van der Waals surface area contributed by atoms with E-state index >= 15 is 0 Å². The van der Waals surface area contributed by atoms with Crippen LogP contribution in [0, 0.1) is 0 Å². The maximum absolute atomic E-state index is 12.7. The highest BCUT2D eigenvalue weighted by atomic mass is 32.2. The number of sulfonamides is 1. The van der Waals surface area contributed by atoms with E-state index in [2.05, 4.69) is 15.6 Å². The summed E-state index contributed by atoms with van der Waals surface area (Å²) in [6.07, 6.45) is 1.32. The third-order valence-corrected chi connectivity index (χ3v) is 6.97. The predicted molar refractivity (Wildman–Crippen MR) is 105 cm³/mol. The number of rotatable bonds is 5. The largest absolute Gasteiger partial charge is 0.356 e. The van der Waals surface area contributed by atoms with Crippen LogP contribution in [-0.4, -0.2) is 61.2 Å². The van der Waals surface area contributed by atoms with E-state index in [1.165, 1.54) is 23.6 Å². The first-order chi connectivity index (χ1) is 12.9. The second-order valence-corrected chi connectivity index (χ2v) is 9.01. The molecule has 3 N–H and O–H groups in total. The Labute approximate surface area is 161 Å². The number of hydrogen-bond donors (Lipinski definition) is 3. The first-order valence-corrected chi connectivity index (χ1v) is 10.9. The normalized spacial score (nSPS) is 15.3. The molecule has 1 aromatic carbocycles. The van der Waals surface area contributed by atoms with E-state index in [9.17, 15) is 18.0 Å². The SMILES string of the molecule is CNC(=O)c1ccccc1NC(=O)c1cc(S(=O)(=O)N2CCSCC2)c[nH]1. The lowest BCUT2D eigenvalue weighted by atomic mass is 10.1. The van der Waals surface area contributed by atoms with Gasteiger partial charge < -0.3 is 15.6 Å². The van der Waals surface area contributed by atoms with Gasteiger partial charge in [-0.3, -0.25) is 9.59 Å². The van der Waals surface area contributed by atoms with Crippen molar-refractivity contribution in [1.82, 2.24) is 14.6 Å². The van der Waals surface area contributed by atoms with Crippen LogP contribution < -0.4 is 10.6 Å². The van der Waals surface area contributed by atoms with Gasteiger partial charge in [0.2, 0.25) is 10.0 Å². The van der Waals surface area contributed by atoms with E-state index in [1.807, 2.05) is 0 Å². The molecule has 1 fully saturated rings.